The van der Waals surface area contributed by atoms with Crippen LogP contribution in [0.4, 0.5) is 0 Å². The van der Waals surface area contributed by atoms with E-state index in [1.54, 1.807) is 0 Å². The normalized spacial score (nSPS) is 12.4. The van der Waals surface area contributed by atoms with E-state index in [1.807, 2.05) is 13.1 Å². The number of halogens is 2. The molecule has 0 bridgehead atoms. The molecule has 1 N–H and O–H groups in total. The van der Waals surface area contributed by atoms with Crippen molar-refractivity contribution in [3.05, 3.63) is 68.1 Å². The first-order chi connectivity index (χ1) is 9.11. The van der Waals surface area contributed by atoms with Crippen molar-refractivity contribution in [2.75, 3.05) is 7.05 Å². The quantitative estimate of drug-likeness (QED) is 0.782. The zero-order chi connectivity index (χ0) is 13.8. The summed E-state index contributed by atoms with van der Waals surface area (Å²) in [5.74, 6) is 0. The highest BCUT2D eigenvalue weighted by Crippen LogP contribution is 2.26. The van der Waals surface area contributed by atoms with Crippen LogP contribution in [0.1, 0.15) is 22.7 Å². The van der Waals surface area contributed by atoms with Crippen molar-refractivity contribution in [1.29, 1.82) is 0 Å². The van der Waals surface area contributed by atoms with Crippen LogP contribution in [0.2, 0.25) is 0 Å². The Hall–Kier alpha value is -0.640. The smallest absolute Gasteiger partial charge is 0.0358 e. The molecule has 1 atom stereocenters. The van der Waals surface area contributed by atoms with Crippen molar-refractivity contribution in [3.8, 4) is 0 Å². The van der Waals surface area contributed by atoms with Gasteiger partial charge in [0.1, 0.15) is 0 Å². The van der Waals surface area contributed by atoms with E-state index in [0.29, 0.717) is 6.04 Å². The summed E-state index contributed by atoms with van der Waals surface area (Å²) in [4.78, 5) is 0. The van der Waals surface area contributed by atoms with Crippen LogP contribution in [0.25, 0.3) is 0 Å². The SMILES string of the molecule is CNC(Cc1ccccc1Br)c1ccc(Br)c(C)c1. The van der Waals surface area contributed by atoms with Gasteiger partial charge in [-0.3, -0.25) is 0 Å². The van der Waals surface area contributed by atoms with Crippen molar-refractivity contribution >= 4 is 31.9 Å². The van der Waals surface area contributed by atoms with Crippen LogP contribution >= 0.6 is 31.9 Å². The number of aryl methyl sites for hydroxylation is 1. The first kappa shape index (κ1) is 14.8. The van der Waals surface area contributed by atoms with Gasteiger partial charge in [-0.05, 0) is 49.2 Å². The van der Waals surface area contributed by atoms with Crippen LogP contribution in [-0.2, 0) is 6.42 Å². The van der Waals surface area contributed by atoms with E-state index in [-0.39, 0.29) is 0 Å². The molecular formula is C16H17Br2N. The van der Waals surface area contributed by atoms with Gasteiger partial charge in [0.05, 0.1) is 0 Å². The molecule has 2 rings (SSSR count). The lowest BCUT2D eigenvalue weighted by Gasteiger charge is -2.18. The first-order valence-corrected chi connectivity index (χ1v) is 7.87. The molecule has 0 saturated carbocycles. The first-order valence-electron chi connectivity index (χ1n) is 6.28. The minimum atomic E-state index is 0.325. The maximum atomic E-state index is 3.62. The molecule has 0 radical (unpaired) electrons. The van der Waals surface area contributed by atoms with Gasteiger partial charge in [0.15, 0.2) is 0 Å². The summed E-state index contributed by atoms with van der Waals surface area (Å²) in [6, 6.07) is 15.2. The number of hydrogen-bond acceptors (Lipinski definition) is 1. The van der Waals surface area contributed by atoms with Crippen LogP contribution in [0, 0.1) is 6.92 Å². The summed E-state index contributed by atoms with van der Waals surface area (Å²) in [5, 5.41) is 3.40. The summed E-state index contributed by atoms with van der Waals surface area (Å²) < 4.78 is 2.33. The Labute approximate surface area is 131 Å². The number of hydrogen-bond donors (Lipinski definition) is 1. The molecule has 0 heterocycles. The van der Waals surface area contributed by atoms with Crippen molar-refractivity contribution in [3.63, 3.8) is 0 Å². The molecule has 3 heteroatoms. The monoisotopic (exact) mass is 381 g/mol. The van der Waals surface area contributed by atoms with Crippen LogP contribution in [0.5, 0.6) is 0 Å². The lowest BCUT2D eigenvalue weighted by molar-refractivity contribution is 0.590. The third-order valence-electron chi connectivity index (χ3n) is 3.31. The number of nitrogens with one attached hydrogen (secondary N) is 1. The molecule has 0 amide bonds. The maximum absolute atomic E-state index is 3.62. The minimum Gasteiger partial charge on any atom is -0.313 e. The zero-order valence-corrected chi connectivity index (χ0v) is 14.3. The zero-order valence-electron chi connectivity index (χ0n) is 11.1. The van der Waals surface area contributed by atoms with Crippen molar-refractivity contribution in [2.24, 2.45) is 0 Å². The van der Waals surface area contributed by atoms with E-state index in [4.69, 9.17) is 0 Å². The molecule has 2 aromatic carbocycles. The Morgan fingerprint density at radius 1 is 1.05 bits per heavy atom. The molecule has 1 unspecified atom stereocenters. The third kappa shape index (κ3) is 3.68. The fourth-order valence-electron chi connectivity index (χ4n) is 2.16. The number of benzene rings is 2. The highest BCUT2D eigenvalue weighted by atomic mass is 79.9. The molecule has 0 fully saturated rings. The fourth-order valence-corrected chi connectivity index (χ4v) is 2.85. The Balaban J connectivity index is 2.25. The van der Waals surface area contributed by atoms with E-state index in [9.17, 15) is 0 Å². The van der Waals surface area contributed by atoms with Crippen LogP contribution < -0.4 is 5.32 Å². The van der Waals surface area contributed by atoms with Crippen LogP contribution in [0.15, 0.2) is 51.4 Å². The number of rotatable bonds is 4. The highest BCUT2D eigenvalue weighted by molar-refractivity contribution is 9.10. The Morgan fingerprint density at radius 2 is 1.79 bits per heavy atom. The predicted molar refractivity (Wildman–Crippen MR) is 88.5 cm³/mol. The van der Waals surface area contributed by atoms with Crippen LogP contribution in [0.3, 0.4) is 0 Å². The average molecular weight is 383 g/mol. The van der Waals surface area contributed by atoms with Gasteiger partial charge >= 0.3 is 0 Å². The van der Waals surface area contributed by atoms with Gasteiger partial charge < -0.3 is 5.32 Å². The second kappa shape index (κ2) is 6.69. The Kier molecular flexibility index (Phi) is 5.20. The average Bonchev–Trinajstić information content (AvgIpc) is 2.41. The van der Waals surface area contributed by atoms with Gasteiger partial charge in [-0.2, -0.15) is 0 Å². The van der Waals surface area contributed by atoms with E-state index in [1.165, 1.54) is 21.2 Å². The van der Waals surface area contributed by atoms with Crippen LogP contribution in [-0.4, -0.2) is 7.05 Å². The molecule has 2 aromatic rings. The molecule has 0 saturated heterocycles. The van der Waals surface area contributed by atoms with Gasteiger partial charge in [0, 0.05) is 15.0 Å². The van der Waals surface area contributed by atoms with Gasteiger partial charge in [-0.15, -0.1) is 0 Å². The predicted octanol–water partition coefficient (Wildman–Crippen LogP) is 5.02. The Bertz CT molecular complexity index is 566. The fraction of sp³-hybridized carbons (Fsp3) is 0.250. The summed E-state index contributed by atoms with van der Waals surface area (Å²) in [6.07, 6.45) is 0.971. The van der Waals surface area contributed by atoms with Crippen molar-refractivity contribution in [1.82, 2.24) is 5.32 Å². The molecule has 0 aliphatic heterocycles. The lowest BCUT2D eigenvalue weighted by atomic mass is 9.98. The lowest BCUT2D eigenvalue weighted by Crippen LogP contribution is -2.19. The summed E-state index contributed by atoms with van der Waals surface area (Å²) in [5.41, 5.74) is 3.91. The molecule has 19 heavy (non-hydrogen) atoms. The molecule has 0 spiro atoms. The van der Waals surface area contributed by atoms with E-state index >= 15 is 0 Å². The molecule has 0 aliphatic carbocycles. The van der Waals surface area contributed by atoms with Gasteiger partial charge in [0.2, 0.25) is 0 Å². The molecule has 0 aliphatic rings. The van der Waals surface area contributed by atoms with Gasteiger partial charge in [0.25, 0.3) is 0 Å². The second-order valence-electron chi connectivity index (χ2n) is 4.65. The minimum absolute atomic E-state index is 0.325. The highest BCUT2D eigenvalue weighted by Gasteiger charge is 2.12. The third-order valence-corrected chi connectivity index (χ3v) is 4.98. The molecule has 1 nitrogen and oxygen atoms in total. The van der Waals surface area contributed by atoms with E-state index < -0.39 is 0 Å². The standard InChI is InChI=1S/C16H17Br2N/c1-11-9-13(7-8-14(11)17)16(19-2)10-12-5-3-4-6-15(12)18/h3-9,16,19H,10H2,1-2H3. The largest absolute Gasteiger partial charge is 0.313 e. The van der Waals surface area contributed by atoms with E-state index in [0.717, 1.165) is 10.9 Å². The summed E-state index contributed by atoms with van der Waals surface area (Å²) in [7, 11) is 2.01. The topological polar surface area (TPSA) is 12.0 Å². The molecule has 0 aromatic heterocycles. The molecular weight excluding hydrogens is 366 g/mol. The van der Waals surface area contributed by atoms with Crippen molar-refractivity contribution in [2.45, 2.75) is 19.4 Å². The van der Waals surface area contributed by atoms with E-state index in [2.05, 4.69) is 80.5 Å². The molecule has 100 valence electrons. The van der Waals surface area contributed by atoms with Gasteiger partial charge in [-0.1, -0.05) is 62.2 Å². The number of likely N-dealkylation sites (N-methyl/N-ethyl adjacent to an activating group) is 1. The van der Waals surface area contributed by atoms with Crippen molar-refractivity contribution < 1.29 is 0 Å². The summed E-state index contributed by atoms with van der Waals surface area (Å²) >= 11 is 7.17. The second-order valence-corrected chi connectivity index (χ2v) is 6.35. The van der Waals surface area contributed by atoms with Gasteiger partial charge in [-0.25, -0.2) is 0 Å². The Morgan fingerprint density at radius 3 is 2.42 bits per heavy atom. The maximum Gasteiger partial charge on any atom is 0.0358 e. The summed E-state index contributed by atoms with van der Waals surface area (Å²) in [6.45, 7) is 2.12.